The molecule has 0 fully saturated rings. The van der Waals surface area contributed by atoms with Crippen LogP contribution in [0.5, 0.6) is 0 Å². The predicted molar refractivity (Wildman–Crippen MR) is 44.3 cm³/mol. The fourth-order valence-corrected chi connectivity index (χ4v) is 1.02. The summed E-state index contributed by atoms with van der Waals surface area (Å²) in [6.07, 6.45) is 0.560. The SMILES string of the molecule is C[N+](C)(C)CCCOS(=O)(=O)[O-].[H+]. The van der Waals surface area contributed by atoms with Crippen molar-refractivity contribution in [3.8, 4) is 0 Å². The molecule has 0 aromatic heterocycles. The number of hydrogen-bond donors (Lipinski definition) is 0. The summed E-state index contributed by atoms with van der Waals surface area (Å²) in [6.45, 7) is 0.747. The van der Waals surface area contributed by atoms with Crippen molar-refractivity contribution in [3.05, 3.63) is 0 Å². The second-order valence-electron chi connectivity index (χ2n) is 3.60. The van der Waals surface area contributed by atoms with E-state index in [2.05, 4.69) is 4.18 Å². The lowest BCUT2D eigenvalue weighted by Gasteiger charge is -2.23. The zero-order chi connectivity index (χ0) is 9.83. The standard InChI is InChI=1S/C6H15NO4S/c1-7(2,3)5-4-6-11-12(8,9)10/h4-6H2,1-3H3/p+1. The summed E-state index contributed by atoms with van der Waals surface area (Å²) in [7, 11) is 1.43. The van der Waals surface area contributed by atoms with Gasteiger partial charge in [0.05, 0.1) is 34.3 Å². The Morgan fingerprint density at radius 2 is 1.92 bits per heavy atom. The summed E-state index contributed by atoms with van der Waals surface area (Å²) in [4.78, 5) is 0. The van der Waals surface area contributed by atoms with Crippen LogP contribution in [0.25, 0.3) is 0 Å². The first-order valence-corrected chi connectivity index (χ1v) is 4.95. The topological polar surface area (TPSA) is 66.4 Å². The second kappa shape index (κ2) is 4.18. The Kier molecular flexibility index (Phi) is 4.12. The van der Waals surface area contributed by atoms with Crippen molar-refractivity contribution >= 4 is 10.4 Å². The molecule has 0 bridgehead atoms. The maximum absolute atomic E-state index is 9.97. The molecule has 6 heteroatoms. The molecule has 0 amide bonds. The normalized spacial score (nSPS) is 13.3. The third-order valence-electron chi connectivity index (χ3n) is 1.20. The number of hydrogen-bond acceptors (Lipinski definition) is 4. The van der Waals surface area contributed by atoms with Crippen LogP contribution in [0, 0.1) is 0 Å². The molecule has 0 saturated heterocycles. The summed E-state index contributed by atoms with van der Waals surface area (Å²) < 4.78 is 34.7. The van der Waals surface area contributed by atoms with Crippen LogP contribution in [0.3, 0.4) is 0 Å². The van der Waals surface area contributed by atoms with Crippen LogP contribution in [-0.2, 0) is 14.6 Å². The lowest BCUT2D eigenvalue weighted by atomic mass is 10.4. The fraction of sp³-hybridized carbons (Fsp3) is 1.00. The van der Waals surface area contributed by atoms with Crippen LogP contribution in [-0.4, -0.2) is 51.7 Å². The predicted octanol–water partition coefficient (Wildman–Crippen LogP) is -0.328. The quantitative estimate of drug-likeness (QED) is 0.262. The number of rotatable bonds is 5. The van der Waals surface area contributed by atoms with Crippen molar-refractivity contribution in [1.29, 1.82) is 0 Å². The van der Waals surface area contributed by atoms with Crippen molar-refractivity contribution in [2.45, 2.75) is 6.42 Å². The Bertz CT molecular complexity index is 221. The van der Waals surface area contributed by atoms with Gasteiger partial charge in [0.15, 0.2) is 0 Å². The largest absolute Gasteiger partial charge is 1.00 e. The molecule has 0 aliphatic rings. The van der Waals surface area contributed by atoms with Gasteiger partial charge in [-0.2, -0.15) is 0 Å². The van der Waals surface area contributed by atoms with Gasteiger partial charge in [0.1, 0.15) is 0 Å². The molecular weight excluding hydrogens is 182 g/mol. The molecule has 0 aliphatic heterocycles. The maximum atomic E-state index is 9.97. The highest BCUT2D eigenvalue weighted by Gasteiger charge is 2.06. The van der Waals surface area contributed by atoms with Gasteiger partial charge in [-0.05, 0) is 0 Å². The zero-order valence-corrected chi connectivity index (χ0v) is 8.43. The average Bonchev–Trinajstić information content (AvgIpc) is 1.76. The highest BCUT2D eigenvalue weighted by Crippen LogP contribution is 1.95. The molecule has 0 aliphatic carbocycles. The molecule has 0 radical (unpaired) electrons. The van der Waals surface area contributed by atoms with E-state index in [0.717, 1.165) is 11.0 Å². The van der Waals surface area contributed by atoms with Crippen molar-refractivity contribution in [2.75, 3.05) is 34.3 Å². The molecule has 0 unspecified atom stereocenters. The van der Waals surface area contributed by atoms with Gasteiger partial charge in [-0.25, -0.2) is 8.42 Å². The van der Waals surface area contributed by atoms with E-state index in [9.17, 15) is 13.0 Å². The van der Waals surface area contributed by atoms with Gasteiger partial charge in [-0.3, -0.25) is 4.18 Å². The van der Waals surface area contributed by atoms with E-state index in [1.807, 2.05) is 21.1 Å². The molecule has 0 saturated carbocycles. The minimum absolute atomic E-state index is 0. The van der Waals surface area contributed by atoms with Crippen LogP contribution >= 0.6 is 0 Å². The summed E-state index contributed by atoms with van der Waals surface area (Å²) in [6, 6.07) is 0. The summed E-state index contributed by atoms with van der Waals surface area (Å²) in [5, 5.41) is 0. The van der Waals surface area contributed by atoms with E-state index >= 15 is 0 Å². The number of quaternary nitrogens is 1. The van der Waals surface area contributed by atoms with Crippen LogP contribution in [0.4, 0.5) is 0 Å². The molecule has 0 atom stereocenters. The van der Waals surface area contributed by atoms with Gasteiger partial charge in [-0.15, -0.1) is 0 Å². The molecule has 0 heterocycles. The number of nitrogens with zero attached hydrogens (tertiary/aromatic N) is 1. The van der Waals surface area contributed by atoms with Gasteiger partial charge in [-0.1, -0.05) is 0 Å². The Labute approximate surface area is 75.0 Å². The monoisotopic (exact) mass is 198 g/mol. The second-order valence-corrected chi connectivity index (χ2v) is 4.65. The Balaban J connectivity index is 0. The van der Waals surface area contributed by atoms with Gasteiger partial charge in [0.2, 0.25) is 10.4 Å². The highest BCUT2D eigenvalue weighted by molar-refractivity contribution is 7.80. The molecule has 0 aromatic rings. The first-order chi connectivity index (χ1) is 5.21. The van der Waals surface area contributed by atoms with Gasteiger partial charge < -0.3 is 9.04 Å². The fourth-order valence-electron chi connectivity index (χ4n) is 0.700. The Hall–Kier alpha value is -0.170. The Morgan fingerprint density at radius 1 is 1.42 bits per heavy atom. The molecule has 74 valence electrons. The van der Waals surface area contributed by atoms with Crippen LogP contribution in [0.15, 0.2) is 0 Å². The zero-order valence-electron chi connectivity index (χ0n) is 8.61. The summed E-state index contributed by atoms with van der Waals surface area (Å²) in [5.41, 5.74) is 0. The van der Waals surface area contributed by atoms with Gasteiger partial charge >= 0.3 is 1.43 Å². The third kappa shape index (κ3) is 9.83. The first kappa shape index (κ1) is 11.8. The molecule has 12 heavy (non-hydrogen) atoms. The summed E-state index contributed by atoms with van der Waals surface area (Å²) in [5.74, 6) is 0. The summed E-state index contributed by atoms with van der Waals surface area (Å²) >= 11 is 0. The van der Waals surface area contributed by atoms with Crippen molar-refractivity contribution in [1.82, 2.24) is 0 Å². The van der Waals surface area contributed by atoms with E-state index in [0.29, 0.717) is 6.42 Å². The Morgan fingerprint density at radius 3 is 2.25 bits per heavy atom. The van der Waals surface area contributed by atoms with Crippen LogP contribution in [0.1, 0.15) is 7.85 Å². The third-order valence-corrected chi connectivity index (χ3v) is 1.66. The molecule has 5 nitrogen and oxygen atoms in total. The minimum atomic E-state index is -4.50. The first-order valence-electron chi connectivity index (χ1n) is 3.61. The van der Waals surface area contributed by atoms with Crippen molar-refractivity contribution < 1.29 is 23.1 Å². The lowest BCUT2D eigenvalue weighted by Crippen LogP contribution is -2.35. The van der Waals surface area contributed by atoms with Crippen molar-refractivity contribution in [3.63, 3.8) is 0 Å². The lowest BCUT2D eigenvalue weighted by molar-refractivity contribution is -0.870. The van der Waals surface area contributed by atoms with E-state index in [4.69, 9.17) is 0 Å². The van der Waals surface area contributed by atoms with E-state index in [1.54, 1.807) is 0 Å². The van der Waals surface area contributed by atoms with E-state index < -0.39 is 10.4 Å². The average molecular weight is 198 g/mol. The molecule has 0 rings (SSSR count). The molecule has 0 N–H and O–H groups in total. The molecule has 0 aromatic carbocycles. The minimum Gasteiger partial charge on any atom is -0.726 e. The van der Waals surface area contributed by atoms with Gasteiger partial charge in [0, 0.05) is 6.42 Å². The van der Waals surface area contributed by atoms with Crippen LogP contribution < -0.4 is 0 Å². The van der Waals surface area contributed by atoms with E-state index in [1.165, 1.54) is 0 Å². The maximum Gasteiger partial charge on any atom is 1.00 e. The molecular formula is C6H16NO4S+. The van der Waals surface area contributed by atoms with Crippen LogP contribution in [0.2, 0.25) is 0 Å². The molecule has 0 spiro atoms. The van der Waals surface area contributed by atoms with Gasteiger partial charge in [0.25, 0.3) is 0 Å². The van der Waals surface area contributed by atoms with Crippen molar-refractivity contribution in [2.24, 2.45) is 0 Å². The van der Waals surface area contributed by atoms with E-state index in [-0.39, 0.29) is 8.03 Å². The smallest absolute Gasteiger partial charge is 0.726 e. The highest BCUT2D eigenvalue weighted by atomic mass is 32.3.